The zero-order chi connectivity index (χ0) is 10.8. The summed E-state index contributed by atoms with van der Waals surface area (Å²) in [5, 5.41) is 3.07. The van der Waals surface area contributed by atoms with Gasteiger partial charge in [0.1, 0.15) is 5.15 Å². The minimum atomic E-state index is -0.594. The number of alkyl halides is 1. The van der Waals surface area contributed by atoms with E-state index in [0.29, 0.717) is 10.8 Å². The minimum Gasteiger partial charge on any atom is -0.325 e. The summed E-state index contributed by atoms with van der Waals surface area (Å²) in [6.45, 7) is 3.54. The summed E-state index contributed by atoms with van der Waals surface area (Å²) in [6.07, 6.45) is 1.54. The van der Waals surface area contributed by atoms with Gasteiger partial charge in [-0.15, -0.1) is 0 Å². The molecule has 0 spiro atoms. The summed E-state index contributed by atoms with van der Waals surface area (Å²) >= 11 is 8.93. The Balaban J connectivity index is 2.75. The molecule has 0 bridgehead atoms. The van der Waals surface area contributed by atoms with Gasteiger partial charge < -0.3 is 5.32 Å². The SMILES string of the molecule is CC(C)(Br)C(=O)Nc1ccnc(Cl)c1. The Morgan fingerprint density at radius 1 is 1.64 bits per heavy atom. The number of hydrogen-bond acceptors (Lipinski definition) is 2. The van der Waals surface area contributed by atoms with E-state index >= 15 is 0 Å². The molecule has 0 aliphatic heterocycles. The van der Waals surface area contributed by atoms with E-state index < -0.39 is 4.32 Å². The van der Waals surface area contributed by atoms with E-state index in [4.69, 9.17) is 11.6 Å². The number of pyridine rings is 1. The van der Waals surface area contributed by atoms with Crippen molar-refractivity contribution >= 4 is 39.1 Å². The van der Waals surface area contributed by atoms with Gasteiger partial charge in [0.2, 0.25) is 5.91 Å². The van der Waals surface area contributed by atoms with Crippen molar-refractivity contribution in [1.82, 2.24) is 4.98 Å². The van der Waals surface area contributed by atoms with Crippen LogP contribution in [0.25, 0.3) is 0 Å². The van der Waals surface area contributed by atoms with E-state index in [9.17, 15) is 4.79 Å². The van der Waals surface area contributed by atoms with Crippen LogP contribution in [0.1, 0.15) is 13.8 Å². The molecule has 1 heterocycles. The third-order valence-corrected chi connectivity index (χ3v) is 2.09. The van der Waals surface area contributed by atoms with Gasteiger partial charge in [-0.1, -0.05) is 27.5 Å². The number of hydrogen-bond donors (Lipinski definition) is 1. The molecule has 3 nitrogen and oxygen atoms in total. The number of rotatable bonds is 2. The van der Waals surface area contributed by atoms with E-state index in [2.05, 4.69) is 26.2 Å². The Morgan fingerprint density at radius 3 is 2.79 bits per heavy atom. The molecule has 14 heavy (non-hydrogen) atoms. The fourth-order valence-corrected chi connectivity index (χ4v) is 1.03. The molecule has 0 aromatic carbocycles. The Hall–Kier alpha value is -0.610. The van der Waals surface area contributed by atoms with Crippen molar-refractivity contribution in [3.05, 3.63) is 23.5 Å². The van der Waals surface area contributed by atoms with Crippen LogP contribution in [0.2, 0.25) is 5.15 Å². The fraction of sp³-hybridized carbons (Fsp3) is 0.333. The van der Waals surface area contributed by atoms with Crippen LogP contribution in [0.5, 0.6) is 0 Å². The standard InChI is InChI=1S/C9H10BrClN2O/c1-9(2,10)8(14)13-6-3-4-12-7(11)5-6/h3-5H,1-2H3,(H,12,13,14). The first kappa shape index (κ1) is 11.5. The average Bonchev–Trinajstić information content (AvgIpc) is 2.02. The maximum absolute atomic E-state index is 11.5. The minimum absolute atomic E-state index is 0.125. The predicted octanol–water partition coefficient (Wildman–Crippen LogP) is 2.85. The fourth-order valence-electron chi connectivity index (χ4n) is 0.760. The van der Waals surface area contributed by atoms with Gasteiger partial charge in [0.05, 0.1) is 4.32 Å². The Morgan fingerprint density at radius 2 is 2.29 bits per heavy atom. The molecule has 0 atom stereocenters. The maximum Gasteiger partial charge on any atom is 0.240 e. The van der Waals surface area contributed by atoms with Crippen LogP contribution in [0, 0.1) is 0 Å². The van der Waals surface area contributed by atoms with Gasteiger partial charge in [-0.2, -0.15) is 0 Å². The number of nitrogens with one attached hydrogen (secondary N) is 1. The molecule has 0 fully saturated rings. The Bertz CT molecular complexity index is 349. The van der Waals surface area contributed by atoms with Crippen LogP contribution in [-0.2, 0) is 4.79 Å². The maximum atomic E-state index is 11.5. The number of nitrogens with zero attached hydrogens (tertiary/aromatic N) is 1. The molecule has 0 aliphatic rings. The van der Waals surface area contributed by atoms with Crippen LogP contribution < -0.4 is 5.32 Å². The molecule has 1 aromatic rings. The van der Waals surface area contributed by atoms with Crippen LogP contribution in [-0.4, -0.2) is 15.2 Å². The summed E-state index contributed by atoms with van der Waals surface area (Å²) in [5.74, 6) is -0.125. The molecular formula is C9H10BrClN2O. The van der Waals surface area contributed by atoms with Gasteiger partial charge in [-0.25, -0.2) is 4.98 Å². The van der Waals surface area contributed by atoms with Gasteiger partial charge in [0.25, 0.3) is 0 Å². The van der Waals surface area contributed by atoms with E-state index in [1.807, 2.05) is 0 Å². The van der Waals surface area contributed by atoms with Crippen LogP contribution >= 0.6 is 27.5 Å². The van der Waals surface area contributed by atoms with Gasteiger partial charge in [-0.3, -0.25) is 4.79 Å². The van der Waals surface area contributed by atoms with Gasteiger partial charge in [0.15, 0.2) is 0 Å². The highest BCUT2D eigenvalue weighted by Crippen LogP contribution is 2.19. The second kappa shape index (κ2) is 4.28. The van der Waals surface area contributed by atoms with Crippen molar-refractivity contribution in [2.45, 2.75) is 18.2 Å². The number of carbonyl (C=O) groups excluding carboxylic acids is 1. The molecular weight excluding hydrogens is 267 g/mol. The third-order valence-electron chi connectivity index (χ3n) is 1.52. The van der Waals surface area contributed by atoms with E-state index in [1.54, 1.807) is 32.2 Å². The molecule has 1 aromatic heterocycles. The molecule has 1 N–H and O–H groups in total. The van der Waals surface area contributed by atoms with E-state index in [-0.39, 0.29) is 5.91 Å². The summed E-state index contributed by atoms with van der Waals surface area (Å²) in [7, 11) is 0. The van der Waals surface area contributed by atoms with Crippen LogP contribution in [0.4, 0.5) is 5.69 Å². The first-order chi connectivity index (χ1) is 6.39. The lowest BCUT2D eigenvalue weighted by atomic mass is 10.2. The molecule has 1 amide bonds. The van der Waals surface area contributed by atoms with Gasteiger partial charge in [-0.05, 0) is 26.0 Å². The first-order valence-electron chi connectivity index (χ1n) is 4.01. The Labute approximate surface area is 96.0 Å². The summed E-state index contributed by atoms with van der Waals surface area (Å²) in [6, 6.07) is 3.28. The topological polar surface area (TPSA) is 42.0 Å². The average molecular weight is 278 g/mol. The largest absolute Gasteiger partial charge is 0.325 e. The number of anilines is 1. The molecule has 76 valence electrons. The van der Waals surface area contributed by atoms with Crippen molar-refractivity contribution < 1.29 is 4.79 Å². The summed E-state index contributed by atoms with van der Waals surface area (Å²) in [4.78, 5) is 15.3. The molecule has 0 saturated heterocycles. The van der Waals surface area contributed by atoms with E-state index in [0.717, 1.165) is 0 Å². The van der Waals surface area contributed by atoms with Gasteiger partial charge in [0, 0.05) is 11.9 Å². The highest BCUT2D eigenvalue weighted by atomic mass is 79.9. The molecule has 0 aliphatic carbocycles. The zero-order valence-electron chi connectivity index (χ0n) is 7.84. The van der Waals surface area contributed by atoms with Crippen molar-refractivity contribution in [2.24, 2.45) is 0 Å². The van der Waals surface area contributed by atoms with Crippen LogP contribution in [0.15, 0.2) is 18.3 Å². The van der Waals surface area contributed by atoms with Crippen molar-refractivity contribution in [3.63, 3.8) is 0 Å². The third kappa shape index (κ3) is 3.27. The number of carbonyl (C=O) groups is 1. The van der Waals surface area contributed by atoms with Gasteiger partial charge >= 0.3 is 0 Å². The lowest BCUT2D eigenvalue weighted by molar-refractivity contribution is -0.117. The first-order valence-corrected chi connectivity index (χ1v) is 5.18. The number of amides is 1. The summed E-state index contributed by atoms with van der Waals surface area (Å²) < 4.78 is -0.594. The number of aromatic nitrogens is 1. The van der Waals surface area contributed by atoms with E-state index in [1.165, 1.54) is 0 Å². The second-order valence-corrected chi connectivity index (χ2v) is 5.66. The van der Waals surface area contributed by atoms with Crippen molar-refractivity contribution in [1.29, 1.82) is 0 Å². The lowest BCUT2D eigenvalue weighted by Gasteiger charge is -2.15. The van der Waals surface area contributed by atoms with Crippen molar-refractivity contribution in [3.8, 4) is 0 Å². The number of halogens is 2. The van der Waals surface area contributed by atoms with Crippen LogP contribution in [0.3, 0.4) is 0 Å². The molecule has 1 rings (SSSR count). The molecule has 0 radical (unpaired) electrons. The monoisotopic (exact) mass is 276 g/mol. The Kier molecular flexibility index (Phi) is 3.50. The normalized spacial score (nSPS) is 11.1. The quantitative estimate of drug-likeness (QED) is 0.667. The highest BCUT2D eigenvalue weighted by Gasteiger charge is 2.23. The molecule has 5 heteroatoms. The molecule has 0 unspecified atom stereocenters. The smallest absolute Gasteiger partial charge is 0.240 e. The highest BCUT2D eigenvalue weighted by molar-refractivity contribution is 9.10. The lowest BCUT2D eigenvalue weighted by Crippen LogP contribution is -2.30. The second-order valence-electron chi connectivity index (χ2n) is 3.29. The zero-order valence-corrected chi connectivity index (χ0v) is 10.2. The van der Waals surface area contributed by atoms with Crippen molar-refractivity contribution in [2.75, 3.05) is 5.32 Å². The molecule has 0 saturated carbocycles. The summed E-state index contributed by atoms with van der Waals surface area (Å²) in [5.41, 5.74) is 0.641. The predicted molar refractivity (Wildman–Crippen MR) is 60.9 cm³/mol.